The number of amides is 1. The molecular weight excluding hydrogens is 326 g/mol. The van der Waals surface area contributed by atoms with Gasteiger partial charge in [-0.2, -0.15) is 0 Å². The van der Waals surface area contributed by atoms with E-state index in [1.165, 1.54) is 18.7 Å². The van der Waals surface area contributed by atoms with Gasteiger partial charge in [-0.25, -0.2) is 0 Å². The maximum absolute atomic E-state index is 12.7. The number of ether oxygens (including phenoxy) is 1. The molecule has 1 aliphatic rings. The highest BCUT2D eigenvalue weighted by Crippen LogP contribution is 2.33. The summed E-state index contributed by atoms with van der Waals surface area (Å²) < 4.78 is 5.26. The van der Waals surface area contributed by atoms with Gasteiger partial charge in [0.2, 0.25) is 0 Å². The molecule has 0 saturated carbocycles. The van der Waals surface area contributed by atoms with Gasteiger partial charge in [-0.15, -0.1) is 0 Å². The van der Waals surface area contributed by atoms with Crippen LogP contribution >= 0.6 is 11.6 Å². The van der Waals surface area contributed by atoms with Gasteiger partial charge in [0.1, 0.15) is 5.75 Å². The Labute approximate surface area is 145 Å². The quantitative estimate of drug-likeness (QED) is 0.744. The first kappa shape index (κ1) is 16.5. The molecule has 0 radical (unpaired) electrons. The van der Waals surface area contributed by atoms with E-state index in [4.69, 9.17) is 27.8 Å². The van der Waals surface area contributed by atoms with Crippen molar-refractivity contribution in [1.82, 2.24) is 5.32 Å². The van der Waals surface area contributed by atoms with E-state index in [2.05, 4.69) is 5.32 Å². The molecule has 0 fully saturated rings. The fourth-order valence-electron chi connectivity index (χ4n) is 3.14. The van der Waals surface area contributed by atoms with Crippen LogP contribution in [0.2, 0.25) is 5.02 Å². The van der Waals surface area contributed by atoms with E-state index >= 15 is 0 Å². The van der Waals surface area contributed by atoms with Gasteiger partial charge in [-0.05, 0) is 48.6 Å². The molecule has 1 unspecified atom stereocenters. The molecule has 1 atom stereocenters. The van der Waals surface area contributed by atoms with Crippen LogP contribution in [0.4, 0.5) is 11.4 Å². The first-order valence-corrected chi connectivity index (χ1v) is 8.19. The van der Waals surface area contributed by atoms with Crippen molar-refractivity contribution >= 4 is 28.9 Å². The molecule has 1 amide bonds. The lowest BCUT2D eigenvalue weighted by atomic mass is 9.87. The standard InChI is InChI=1S/C18H20ClN3O2/c1-24-17-9-15(21)14(19)8-13(17)18(23)22-16-4-2-3-10-7-11(20)5-6-12(10)16/h5-9,16H,2-4,20-21H2,1H3,(H,22,23). The van der Waals surface area contributed by atoms with Crippen LogP contribution in [0.25, 0.3) is 0 Å². The highest BCUT2D eigenvalue weighted by Gasteiger charge is 2.24. The van der Waals surface area contributed by atoms with Gasteiger partial charge in [0.25, 0.3) is 5.91 Å². The largest absolute Gasteiger partial charge is 0.496 e. The number of aryl methyl sites for hydroxylation is 1. The molecule has 126 valence electrons. The van der Waals surface area contributed by atoms with Gasteiger partial charge in [0, 0.05) is 11.8 Å². The van der Waals surface area contributed by atoms with Crippen molar-refractivity contribution < 1.29 is 9.53 Å². The van der Waals surface area contributed by atoms with Crippen LogP contribution < -0.4 is 21.5 Å². The Hall–Kier alpha value is -2.40. The van der Waals surface area contributed by atoms with Crippen LogP contribution in [0.5, 0.6) is 5.75 Å². The predicted molar refractivity (Wildman–Crippen MR) is 96.4 cm³/mol. The molecule has 2 aromatic rings. The summed E-state index contributed by atoms with van der Waals surface area (Å²) in [6.45, 7) is 0. The van der Waals surface area contributed by atoms with Crippen molar-refractivity contribution in [3.8, 4) is 5.75 Å². The van der Waals surface area contributed by atoms with Crippen LogP contribution in [-0.4, -0.2) is 13.0 Å². The van der Waals surface area contributed by atoms with Crippen molar-refractivity contribution in [2.24, 2.45) is 0 Å². The van der Waals surface area contributed by atoms with E-state index < -0.39 is 0 Å². The lowest BCUT2D eigenvalue weighted by Gasteiger charge is -2.27. The maximum atomic E-state index is 12.7. The minimum atomic E-state index is -0.233. The molecular formula is C18H20ClN3O2. The maximum Gasteiger partial charge on any atom is 0.255 e. The van der Waals surface area contributed by atoms with Crippen molar-refractivity contribution in [3.05, 3.63) is 52.0 Å². The second kappa shape index (κ2) is 6.61. The van der Waals surface area contributed by atoms with Gasteiger partial charge >= 0.3 is 0 Å². The van der Waals surface area contributed by atoms with E-state index in [1.54, 1.807) is 6.07 Å². The molecule has 3 rings (SSSR count). The SMILES string of the molecule is COc1cc(N)c(Cl)cc1C(=O)NC1CCCc2cc(N)ccc21. The first-order valence-electron chi connectivity index (χ1n) is 7.81. The zero-order valence-corrected chi connectivity index (χ0v) is 14.2. The van der Waals surface area contributed by atoms with Gasteiger partial charge in [0.05, 0.1) is 29.4 Å². The average molecular weight is 346 g/mol. The molecule has 2 aromatic carbocycles. The molecule has 0 saturated heterocycles. The number of nitrogen functional groups attached to an aromatic ring is 2. The fraction of sp³-hybridized carbons (Fsp3) is 0.278. The summed E-state index contributed by atoms with van der Waals surface area (Å²) in [6.07, 6.45) is 2.86. The molecule has 24 heavy (non-hydrogen) atoms. The number of nitrogens with two attached hydrogens (primary N) is 2. The topological polar surface area (TPSA) is 90.4 Å². The zero-order chi connectivity index (χ0) is 17.3. The Kier molecular flexibility index (Phi) is 4.53. The van der Waals surface area contributed by atoms with E-state index in [9.17, 15) is 4.79 Å². The number of anilines is 2. The number of rotatable bonds is 3. The molecule has 5 nitrogen and oxygen atoms in total. The number of fused-ring (bicyclic) bond motifs is 1. The summed E-state index contributed by atoms with van der Waals surface area (Å²) in [5.41, 5.74) is 15.4. The fourth-order valence-corrected chi connectivity index (χ4v) is 3.30. The predicted octanol–water partition coefficient (Wildman–Crippen LogP) is 3.32. The molecule has 0 bridgehead atoms. The second-order valence-electron chi connectivity index (χ2n) is 5.95. The third-order valence-electron chi connectivity index (χ3n) is 4.35. The summed E-state index contributed by atoms with van der Waals surface area (Å²) in [7, 11) is 1.50. The van der Waals surface area contributed by atoms with Crippen molar-refractivity contribution in [2.45, 2.75) is 25.3 Å². The Balaban J connectivity index is 1.88. The summed E-state index contributed by atoms with van der Waals surface area (Å²) in [4.78, 5) is 12.7. The van der Waals surface area contributed by atoms with Crippen LogP contribution in [0.15, 0.2) is 30.3 Å². The minimum Gasteiger partial charge on any atom is -0.496 e. The van der Waals surface area contributed by atoms with Crippen LogP contribution in [0, 0.1) is 0 Å². The number of halogens is 1. The molecule has 0 aromatic heterocycles. The van der Waals surface area contributed by atoms with Crippen LogP contribution in [-0.2, 0) is 6.42 Å². The normalized spacial score (nSPS) is 16.3. The molecule has 5 N–H and O–H groups in total. The van der Waals surface area contributed by atoms with Gasteiger partial charge in [0.15, 0.2) is 0 Å². The lowest BCUT2D eigenvalue weighted by molar-refractivity contribution is 0.0929. The van der Waals surface area contributed by atoms with Crippen molar-refractivity contribution in [2.75, 3.05) is 18.6 Å². The molecule has 0 heterocycles. The molecule has 0 spiro atoms. The Morgan fingerprint density at radius 2 is 2.08 bits per heavy atom. The highest BCUT2D eigenvalue weighted by molar-refractivity contribution is 6.33. The van der Waals surface area contributed by atoms with E-state index in [0.29, 0.717) is 22.0 Å². The van der Waals surface area contributed by atoms with Crippen molar-refractivity contribution in [1.29, 1.82) is 0 Å². The Bertz CT molecular complexity index is 792. The van der Waals surface area contributed by atoms with E-state index in [1.807, 2.05) is 18.2 Å². The monoisotopic (exact) mass is 345 g/mol. The third-order valence-corrected chi connectivity index (χ3v) is 4.68. The number of hydrogen-bond donors (Lipinski definition) is 3. The Morgan fingerprint density at radius 1 is 1.29 bits per heavy atom. The van der Waals surface area contributed by atoms with E-state index in [-0.39, 0.29) is 11.9 Å². The van der Waals surface area contributed by atoms with Gasteiger partial charge < -0.3 is 21.5 Å². The lowest BCUT2D eigenvalue weighted by Crippen LogP contribution is -2.31. The minimum absolute atomic E-state index is 0.0529. The number of nitrogens with one attached hydrogen (secondary N) is 1. The molecule has 0 aliphatic heterocycles. The summed E-state index contributed by atoms with van der Waals surface area (Å²) in [6, 6.07) is 8.88. The first-order chi connectivity index (χ1) is 11.5. The van der Waals surface area contributed by atoms with E-state index in [0.717, 1.165) is 30.5 Å². The van der Waals surface area contributed by atoms with Crippen LogP contribution in [0.1, 0.15) is 40.4 Å². The summed E-state index contributed by atoms with van der Waals surface area (Å²) in [5.74, 6) is 0.172. The number of methoxy groups -OCH3 is 1. The summed E-state index contributed by atoms with van der Waals surface area (Å²) >= 11 is 6.05. The average Bonchev–Trinajstić information content (AvgIpc) is 2.56. The number of carbonyl (C=O) groups is 1. The summed E-state index contributed by atoms with van der Waals surface area (Å²) in [5, 5.41) is 3.40. The number of benzene rings is 2. The third kappa shape index (κ3) is 3.12. The Morgan fingerprint density at radius 3 is 2.83 bits per heavy atom. The van der Waals surface area contributed by atoms with Gasteiger partial charge in [-0.3, -0.25) is 4.79 Å². The second-order valence-corrected chi connectivity index (χ2v) is 6.36. The highest BCUT2D eigenvalue weighted by atomic mass is 35.5. The van der Waals surface area contributed by atoms with Crippen molar-refractivity contribution in [3.63, 3.8) is 0 Å². The molecule has 6 heteroatoms. The van der Waals surface area contributed by atoms with Gasteiger partial charge in [-0.1, -0.05) is 17.7 Å². The van der Waals surface area contributed by atoms with Crippen LogP contribution in [0.3, 0.4) is 0 Å². The number of carbonyl (C=O) groups excluding carboxylic acids is 1. The number of hydrogen-bond acceptors (Lipinski definition) is 4. The molecule has 1 aliphatic carbocycles. The smallest absolute Gasteiger partial charge is 0.255 e. The zero-order valence-electron chi connectivity index (χ0n) is 13.4.